The lowest BCUT2D eigenvalue weighted by atomic mass is 10.1. The molecule has 2 aromatic carbocycles. The number of nitrogens with one attached hydrogen (secondary N) is 1. The Bertz CT molecular complexity index is 867. The summed E-state index contributed by atoms with van der Waals surface area (Å²) in [6.45, 7) is 2.08. The van der Waals surface area contributed by atoms with Gasteiger partial charge in [-0.05, 0) is 43.9 Å². The van der Waals surface area contributed by atoms with E-state index in [0.717, 1.165) is 35.7 Å². The molecule has 1 N–H and O–H groups in total. The van der Waals surface area contributed by atoms with Crippen LogP contribution in [0.25, 0.3) is 0 Å². The van der Waals surface area contributed by atoms with E-state index in [0.29, 0.717) is 6.61 Å². The van der Waals surface area contributed by atoms with Gasteiger partial charge in [-0.2, -0.15) is 0 Å². The van der Waals surface area contributed by atoms with E-state index in [2.05, 4.69) is 47.5 Å². The fraction of sp³-hybridized carbons (Fsp3) is 0.292. The van der Waals surface area contributed by atoms with E-state index in [4.69, 9.17) is 9.47 Å². The van der Waals surface area contributed by atoms with Gasteiger partial charge in [-0.1, -0.05) is 36.4 Å². The lowest BCUT2D eigenvalue weighted by molar-refractivity contribution is 0.284. The number of benzene rings is 2. The van der Waals surface area contributed by atoms with Crippen molar-refractivity contribution in [3.05, 3.63) is 89.7 Å². The highest BCUT2D eigenvalue weighted by Crippen LogP contribution is 2.22. The van der Waals surface area contributed by atoms with Gasteiger partial charge < -0.3 is 19.7 Å². The average Bonchev–Trinajstić information content (AvgIpc) is 2.76. The van der Waals surface area contributed by atoms with Crippen LogP contribution >= 0.6 is 0 Å². The fourth-order valence-corrected chi connectivity index (χ4v) is 3.20. The zero-order valence-corrected chi connectivity index (χ0v) is 17.3. The molecule has 1 atom stereocenters. The molecule has 3 aromatic rings. The van der Waals surface area contributed by atoms with Crippen LogP contribution in [0.1, 0.15) is 22.7 Å². The van der Waals surface area contributed by atoms with Gasteiger partial charge in [0, 0.05) is 42.7 Å². The maximum absolute atomic E-state index is 6.03. The van der Waals surface area contributed by atoms with Crippen molar-refractivity contribution in [1.82, 2.24) is 15.2 Å². The van der Waals surface area contributed by atoms with Crippen molar-refractivity contribution >= 4 is 0 Å². The lowest BCUT2D eigenvalue weighted by Gasteiger charge is -2.25. The predicted octanol–water partition coefficient (Wildman–Crippen LogP) is 4.06. The molecule has 3 rings (SSSR count). The molecule has 29 heavy (non-hydrogen) atoms. The Balaban J connectivity index is 1.59. The fourth-order valence-electron chi connectivity index (χ4n) is 3.20. The molecule has 5 heteroatoms. The van der Waals surface area contributed by atoms with Gasteiger partial charge in [0.2, 0.25) is 0 Å². The number of pyridine rings is 1. The van der Waals surface area contributed by atoms with Crippen LogP contribution in [0.4, 0.5) is 0 Å². The van der Waals surface area contributed by atoms with Crippen LogP contribution in [0.3, 0.4) is 0 Å². The van der Waals surface area contributed by atoms with Crippen molar-refractivity contribution in [3.63, 3.8) is 0 Å². The number of hydrogen-bond donors (Lipinski definition) is 1. The first-order valence-corrected chi connectivity index (χ1v) is 9.78. The second kappa shape index (κ2) is 10.6. The summed E-state index contributed by atoms with van der Waals surface area (Å²) in [5, 5.41) is 3.58. The van der Waals surface area contributed by atoms with Gasteiger partial charge in [0.05, 0.1) is 7.11 Å². The van der Waals surface area contributed by atoms with Crippen LogP contribution in [-0.2, 0) is 13.2 Å². The first-order valence-electron chi connectivity index (χ1n) is 9.78. The molecule has 0 fully saturated rings. The highest BCUT2D eigenvalue weighted by Gasteiger charge is 2.14. The molecule has 0 saturated carbocycles. The van der Waals surface area contributed by atoms with E-state index < -0.39 is 0 Å². The smallest absolute Gasteiger partial charge is 0.124 e. The minimum atomic E-state index is 0.268. The average molecular weight is 392 g/mol. The molecule has 0 aliphatic carbocycles. The van der Waals surface area contributed by atoms with Gasteiger partial charge in [0.15, 0.2) is 0 Å². The molecule has 0 saturated heterocycles. The number of likely N-dealkylation sites (N-methyl/N-ethyl adjacent to an activating group) is 1. The lowest BCUT2D eigenvalue weighted by Crippen LogP contribution is -2.30. The zero-order chi connectivity index (χ0) is 20.5. The van der Waals surface area contributed by atoms with Crippen LogP contribution in [0, 0.1) is 0 Å². The van der Waals surface area contributed by atoms with Gasteiger partial charge in [-0.3, -0.25) is 4.98 Å². The van der Waals surface area contributed by atoms with Crippen molar-refractivity contribution in [2.24, 2.45) is 0 Å². The summed E-state index contributed by atoms with van der Waals surface area (Å²) in [7, 11) is 5.89. The summed E-state index contributed by atoms with van der Waals surface area (Å²) in [5.74, 6) is 1.77. The van der Waals surface area contributed by atoms with Gasteiger partial charge in [-0.15, -0.1) is 0 Å². The minimum Gasteiger partial charge on any atom is -0.497 e. The van der Waals surface area contributed by atoms with Crippen molar-refractivity contribution < 1.29 is 9.47 Å². The molecule has 1 heterocycles. The van der Waals surface area contributed by atoms with Crippen molar-refractivity contribution in [1.29, 1.82) is 0 Å². The second-order valence-corrected chi connectivity index (χ2v) is 7.14. The van der Waals surface area contributed by atoms with Gasteiger partial charge in [-0.25, -0.2) is 0 Å². The molecule has 5 nitrogen and oxygen atoms in total. The number of nitrogens with zero attached hydrogens (tertiary/aromatic N) is 2. The number of para-hydroxylation sites is 1. The zero-order valence-electron chi connectivity index (χ0n) is 17.3. The Morgan fingerprint density at radius 2 is 1.79 bits per heavy atom. The monoisotopic (exact) mass is 391 g/mol. The van der Waals surface area contributed by atoms with E-state index >= 15 is 0 Å². The van der Waals surface area contributed by atoms with Crippen LogP contribution in [0.2, 0.25) is 0 Å². The molecular weight excluding hydrogens is 362 g/mol. The number of methoxy groups -OCH3 is 1. The van der Waals surface area contributed by atoms with E-state index in [9.17, 15) is 0 Å². The molecule has 0 unspecified atom stereocenters. The number of rotatable bonds is 10. The normalized spacial score (nSPS) is 12.0. The predicted molar refractivity (Wildman–Crippen MR) is 116 cm³/mol. The molecule has 0 aliphatic heterocycles. The van der Waals surface area contributed by atoms with Crippen LogP contribution < -0.4 is 14.8 Å². The van der Waals surface area contributed by atoms with Crippen LogP contribution in [0.15, 0.2) is 73.1 Å². The minimum absolute atomic E-state index is 0.268. The molecule has 0 amide bonds. The van der Waals surface area contributed by atoms with Crippen LogP contribution in [0.5, 0.6) is 11.5 Å². The summed E-state index contributed by atoms with van der Waals surface area (Å²) in [4.78, 5) is 6.36. The molecule has 0 spiro atoms. The maximum atomic E-state index is 6.03. The van der Waals surface area contributed by atoms with E-state index in [-0.39, 0.29) is 6.04 Å². The summed E-state index contributed by atoms with van der Waals surface area (Å²) >= 11 is 0. The Morgan fingerprint density at radius 1 is 1.00 bits per heavy atom. The highest BCUT2D eigenvalue weighted by atomic mass is 16.5. The summed E-state index contributed by atoms with van der Waals surface area (Å²) < 4.78 is 11.3. The Kier molecular flexibility index (Phi) is 7.61. The molecule has 0 radical (unpaired) electrons. The van der Waals surface area contributed by atoms with Gasteiger partial charge in [0.1, 0.15) is 18.1 Å². The number of hydrogen-bond acceptors (Lipinski definition) is 5. The molecular formula is C24H29N3O2. The Morgan fingerprint density at radius 3 is 2.48 bits per heavy atom. The van der Waals surface area contributed by atoms with E-state index in [1.54, 1.807) is 13.3 Å². The quantitative estimate of drug-likeness (QED) is 0.565. The van der Waals surface area contributed by atoms with E-state index in [1.165, 1.54) is 5.56 Å². The summed E-state index contributed by atoms with van der Waals surface area (Å²) in [6, 6.07) is 20.6. The Labute approximate surface area is 173 Å². The first kappa shape index (κ1) is 20.8. The largest absolute Gasteiger partial charge is 0.497 e. The molecule has 152 valence electrons. The number of aromatic nitrogens is 1. The third kappa shape index (κ3) is 6.04. The van der Waals surface area contributed by atoms with Crippen molar-refractivity contribution in [3.8, 4) is 11.5 Å². The van der Waals surface area contributed by atoms with Crippen LogP contribution in [-0.4, -0.2) is 37.6 Å². The maximum Gasteiger partial charge on any atom is 0.124 e. The third-order valence-corrected chi connectivity index (χ3v) is 4.87. The Hall–Kier alpha value is -2.89. The highest BCUT2D eigenvalue weighted by molar-refractivity contribution is 5.34. The molecule has 0 bridgehead atoms. The summed E-state index contributed by atoms with van der Waals surface area (Å²) in [5.41, 5.74) is 3.45. The standard InChI is InChI=1S/C24H29N3O2/c1-27(2)23(20-10-12-22(28-3)13-11-20)17-26-16-21-8-4-5-9-24(21)29-18-19-7-6-14-25-15-19/h4-15,23,26H,16-18H2,1-3H3/t23-/m0/s1. The second-order valence-electron chi connectivity index (χ2n) is 7.14. The van der Waals surface area contributed by atoms with Gasteiger partial charge >= 0.3 is 0 Å². The first-order chi connectivity index (χ1) is 14.2. The summed E-state index contributed by atoms with van der Waals surface area (Å²) in [6.07, 6.45) is 3.60. The topological polar surface area (TPSA) is 46.6 Å². The van der Waals surface area contributed by atoms with Gasteiger partial charge in [0.25, 0.3) is 0 Å². The SMILES string of the molecule is COc1ccc([C@H](CNCc2ccccc2OCc2cccnc2)N(C)C)cc1. The number of ether oxygens (including phenoxy) is 2. The van der Waals surface area contributed by atoms with Crippen molar-refractivity contribution in [2.45, 2.75) is 19.2 Å². The van der Waals surface area contributed by atoms with Crippen molar-refractivity contribution in [2.75, 3.05) is 27.7 Å². The molecule has 0 aliphatic rings. The van der Waals surface area contributed by atoms with E-state index in [1.807, 2.05) is 48.7 Å². The molecule has 1 aromatic heterocycles. The third-order valence-electron chi connectivity index (χ3n) is 4.87.